The summed E-state index contributed by atoms with van der Waals surface area (Å²) >= 11 is 0. The van der Waals surface area contributed by atoms with Crippen LogP contribution in [0.4, 0.5) is 11.4 Å². The third-order valence-corrected chi connectivity index (χ3v) is 7.17. The highest BCUT2D eigenvalue weighted by atomic mass is 32.2. The van der Waals surface area contributed by atoms with Gasteiger partial charge in [-0.2, -0.15) is 0 Å². The van der Waals surface area contributed by atoms with E-state index in [1.165, 1.54) is 6.07 Å². The molecule has 0 aliphatic carbocycles. The molecule has 5 rings (SSSR count). The van der Waals surface area contributed by atoms with Crippen LogP contribution in [0.5, 0.6) is 0 Å². The maximum atomic E-state index is 13.2. The Hall–Kier alpha value is -3.20. The molecule has 0 saturated carbocycles. The number of fused-ring (bicyclic) bond motifs is 2. The maximum Gasteiger partial charge on any atom is 0.261 e. The molecule has 3 aromatic rings. The van der Waals surface area contributed by atoms with E-state index in [9.17, 15) is 13.2 Å². The number of carbonyl (C=O) groups excluding carboxylic acids is 1. The summed E-state index contributed by atoms with van der Waals surface area (Å²) in [5, 5.41) is 11.5. The first-order valence-electron chi connectivity index (χ1n) is 10.5. The Bertz CT molecular complexity index is 1270. The van der Waals surface area contributed by atoms with Crippen LogP contribution in [0.15, 0.2) is 47.4 Å². The lowest BCUT2D eigenvalue weighted by Crippen LogP contribution is -2.20. The number of para-hydroxylation sites is 1. The molecule has 9 heteroatoms. The number of sulfonamides is 1. The van der Waals surface area contributed by atoms with Gasteiger partial charge in [0.05, 0.1) is 10.6 Å². The second-order valence-corrected chi connectivity index (χ2v) is 9.60. The minimum absolute atomic E-state index is 0.0531. The van der Waals surface area contributed by atoms with Crippen molar-refractivity contribution in [2.45, 2.75) is 50.0 Å². The predicted molar refractivity (Wildman–Crippen MR) is 117 cm³/mol. The molecule has 31 heavy (non-hydrogen) atoms. The fraction of sp³-hybridized carbons (Fsp3) is 0.318. The number of nitrogens with zero attached hydrogens (tertiary/aromatic N) is 3. The first-order chi connectivity index (χ1) is 15.0. The van der Waals surface area contributed by atoms with Crippen molar-refractivity contribution < 1.29 is 13.2 Å². The van der Waals surface area contributed by atoms with E-state index in [1.54, 1.807) is 24.3 Å². The molecule has 2 aromatic carbocycles. The first kappa shape index (κ1) is 19.7. The van der Waals surface area contributed by atoms with Gasteiger partial charge in [-0.05, 0) is 55.2 Å². The largest absolute Gasteiger partial charge is 0.326 e. The molecule has 2 aliphatic rings. The molecule has 0 unspecified atom stereocenters. The predicted octanol–water partition coefficient (Wildman–Crippen LogP) is 3.36. The summed E-state index contributed by atoms with van der Waals surface area (Å²) in [6.07, 6.45) is 5.04. The summed E-state index contributed by atoms with van der Waals surface area (Å²) in [4.78, 5) is 11.7. The fourth-order valence-electron chi connectivity index (χ4n) is 4.18. The van der Waals surface area contributed by atoms with Gasteiger partial charge >= 0.3 is 0 Å². The van der Waals surface area contributed by atoms with Crippen LogP contribution < -0.4 is 10.0 Å². The number of hydrogen-bond acceptors (Lipinski definition) is 5. The molecule has 0 bridgehead atoms. The monoisotopic (exact) mass is 437 g/mol. The Kier molecular flexibility index (Phi) is 4.97. The molecule has 0 saturated heterocycles. The molecule has 2 aliphatic heterocycles. The second-order valence-electron chi connectivity index (χ2n) is 7.92. The van der Waals surface area contributed by atoms with Crippen LogP contribution in [-0.2, 0) is 34.2 Å². The van der Waals surface area contributed by atoms with Crippen molar-refractivity contribution in [3.63, 3.8) is 0 Å². The Labute approximate surface area is 180 Å². The Morgan fingerprint density at radius 1 is 0.968 bits per heavy atom. The highest BCUT2D eigenvalue weighted by Crippen LogP contribution is 2.31. The number of aryl methyl sites for hydroxylation is 2. The van der Waals surface area contributed by atoms with Gasteiger partial charge in [-0.15, -0.1) is 10.2 Å². The lowest BCUT2D eigenvalue weighted by atomic mass is 10.0. The fourth-order valence-corrected chi connectivity index (χ4v) is 5.31. The average molecular weight is 438 g/mol. The van der Waals surface area contributed by atoms with E-state index in [2.05, 4.69) is 24.8 Å². The number of hydrogen-bond donors (Lipinski definition) is 2. The van der Waals surface area contributed by atoms with Crippen molar-refractivity contribution in [3.8, 4) is 11.4 Å². The van der Waals surface area contributed by atoms with Crippen LogP contribution in [0.25, 0.3) is 11.4 Å². The normalized spacial score (nSPS) is 16.1. The van der Waals surface area contributed by atoms with Crippen LogP contribution in [0.3, 0.4) is 0 Å². The van der Waals surface area contributed by atoms with Gasteiger partial charge in [-0.3, -0.25) is 9.52 Å². The number of rotatable bonds is 4. The third kappa shape index (κ3) is 3.81. The summed E-state index contributed by atoms with van der Waals surface area (Å²) in [6, 6.07) is 12.1. The van der Waals surface area contributed by atoms with Crippen molar-refractivity contribution in [3.05, 3.63) is 53.9 Å². The van der Waals surface area contributed by atoms with Gasteiger partial charge in [0.1, 0.15) is 5.82 Å². The van der Waals surface area contributed by atoms with Crippen molar-refractivity contribution >= 4 is 27.3 Å². The molecular weight excluding hydrogens is 414 g/mol. The molecule has 0 fully saturated rings. The smallest absolute Gasteiger partial charge is 0.261 e. The van der Waals surface area contributed by atoms with E-state index in [-0.39, 0.29) is 10.8 Å². The molecule has 8 nitrogen and oxygen atoms in total. The van der Waals surface area contributed by atoms with Crippen molar-refractivity contribution in [1.82, 2.24) is 14.8 Å². The first-order valence-corrected chi connectivity index (χ1v) is 12.0. The summed E-state index contributed by atoms with van der Waals surface area (Å²) in [7, 11) is -3.82. The topological polar surface area (TPSA) is 106 Å². The summed E-state index contributed by atoms with van der Waals surface area (Å²) in [6.45, 7) is 0.829. The number of aromatic nitrogens is 3. The Morgan fingerprint density at radius 3 is 2.74 bits per heavy atom. The van der Waals surface area contributed by atoms with Crippen LogP contribution in [0.1, 0.15) is 37.1 Å². The standard InChI is InChI=1S/C22H23N5O3S/c28-21-12-9-15-14-16(10-11-18(15)23-21)31(29,30)26-19-7-4-3-6-17(19)22-25-24-20-8-2-1-5-13-27(20)22/h3-4,6-7,10-11,14,26H,1-2,5,8-9,12-13H2,(H,23,28). The quantitative estimate of drug-likeness (QED) is 0.651. The van der Waals surface area contributed by atoms with Gasteiger partial charge in [0.25, 0.3) is 10.0 Å². The van der Waals surface area contributed by atoms with Crippen molar-refractivity contribution in [2.75, 3.05) is 10.0 Å². The van der Waals surface area contributed by atoms with Crippen LogP contribution >= 0.6 is 0 Å². The molecular formula is C22H23N5O3S. The second kappa shape index (κ2) is 7.81. The summed E-state index contributed by atoms with van der Waals surface area (Å²) < 4.78 is 31.2. The number of carbonyl (C=O) groups is 1. The summed E-state index contributed by atoms with van der Waals surface area (Å²) in [5.74, 6) is 1.58. The van der Waals surface area contributed by atoms with Gasteiger partial charge in [0.15, 0.2) is 5.82 Å². The van der Waals surface area contributed by atoms with Crippen LogP contribution in [0.2, 0.25) is 0 Å². The van der Waals surface area contributed by atoms with Gasteiger partial charge < -0.3 is 9.88 Å². The number of anilines is 2. The third-order valence-electron chi connectivity index (χ3n) is 5.80. The van der Waals surface area contributed by atoms with Gasteiger partial charge in [-0.25, -0.2) is 8.42 Å². The minimum atomic E-state index is -3.82. The van der Waals surface area contributed by atoms with E-state index in [0.717, 1.165) is 43.6 Å². The molecule has 0 radical (unpaired) electrons. The molecule has 0 atom stereocenters. The molecule has 1 aromatic heterocycles. The van der Waals surface area contributed by atoms with Gasteiger partial charge in [0, 0.05) is 30.6 Å². The number of benzene rings is 2. The van der Waals surface area contributed by atoms with E-state index in [0.29, 0.717) is 35.6 Å². The van der Waals surface area contributed by atoms with Gasteiger partial charge in [-0.1, -0.05) is 18.6 Å². The van der Waals surface area contributed by atoms with Crippen molar-refractivity contribution in [2.24, 2.45) is 0 Å². The number of amides is 1. The lowest BCUT2D eigenvalue weighted by molar-refractivity contribution is -0.116. The maximum absolute atomic E-state index is 13.2. The molecule has 3 heterocycles. The van der Waals surface area contributed by atoms with Crippen molar-refractivity contribution in [1.29, 1.82) is 0 Å². The highest BCUT2D eigenvalue weighted by Gasteiger charge is 2.23. The van der Waals surface area contributed by atoms with E-state index < -0.39 is 10.0 Å². The molecule has 0 spiro atoms. The summed E-state index contributed by atoms with van der Waals surface area (Å²) in [5.41, 5.74) is 2.66. The van der Waals surface area contributed by atoms with E-state index in [4.69, 9.17) is 0 Å². The van der Waals surface area contributed by atoms with E-state index >= 15 is 0 Å². The zero-order valence-corrected chi connectivity index (χ0v) is 17.8. The van der Waals surface area contributed by atoms with Crippen LogP contribution in [-0.4, -0.2) is 29.1 Å². The Balaban J connectivity index is 1.49. The average Bonchev–Trinajstić information content (AvgIpc) is 3.01. The van der Waals surface area contributed by atoms with E-state index in [1.807, 2.05) is 12.1 Å². The minimum Gasteiger partial charge on any atom is -0.326 e. The molecule has 160 valence electrons. The molecule has 1 amide bonds. The zero-order chi connectivity index (χ0) is 21.4. The number of nitrogens with one attached hydrogen (secondary N) is 2. The Morgan fingerprint density at radius 2 is 1.84 bits per heavy atom. The van der Waals surface area contributed by atoms with Gasteiger partial charge in [0.2, 0.25) is 5.91 Å². The zero-order valence-electron chi connectivity index (χ0n) is 17.0. The highest BCUT2D eigenvalue weighted by molar-refractivity contribution is 7.92. The molecule has 2 N–H and O–H groups in total. The lowest BCUT2D eigenvalue weighted by Gasteiger charge is -2.18. The SMILES string of the molecule is O=C1CCc2cc(S(=O)(=O)Nc3ccccc3-c3nnc4n3CCCCC4)ccc2N1. The van der Waals surface area contributed by atoms with Crippen LogP contribution in [0, 0.1) is 0 Å².